The van der Waals surface area contributed by atoms with Crippen molar-refractivity contribution < 1.29 is 0 Å². The van der Waals surface area contributed by atoms with Crippen LogP contribution in [0.1, 0.15) is 0 Å². The van der Waals surface area contributed by atoms with Crippen molar-refractivity contribution in [3.05, 3.63) is 91.0 Å². The van der Waals surface area contributed by atoms with Crippen LogP contribution in [0.25, 0.3) is 0 Å². The molecule has 3 aromatic rings. The van der Waals surface area contributed by atoms with E-state index in [4.69, 9.17) is 0 Å². The quantitative estimate of drug-likeness (QED) is 0.639. The summed E-state index contributed by atoms with van der Waals surface area (Å²) in [5, 5.41) is 4.42. The minimum absolute atomic E-state index is 0. The van der Waals surface area contributed by atoms with E-state index >= 15 is 0 Å². The Labute approximate surface area is 139 Å². The molecule has 0 bridgehead atoms. The van der Waals surface area contributed by atoms with Gasteiger partial charge in [0.2, 0.25) is 0 Å². The molecular weight excluding hydrogens is 318 g/mol. The van der Waals surface area contributed by atoms with Crippen LogP contribution in [0, 0.1) is 0 Å². The van der Waals surface area contributed by atoms with Gasteiger partial charge in [0.05, 0.1) is 0 Å². The van der Waals surface area contributed by atoms with Crippen LogP contribution in [0.2, 0.25) is 0 Å². The van der Waals surface area contributed by atoms with Gasteiger partial charge in [-0.2, -0.15) is 0 Å². The molecule has 0 spiro atoms. The summed E-state index contributed by atoms with van der Waals surface area (Å²) in [7, 11) is -1.31. The molecular formula is C18H19Cl2P. The van der Waals surface area contributed by atoms with Crippen LogP contribution in [0.4, 0.5) is 0 Å². The van der Waals surface area contributed by atoms with Gasteiger partial charge in [-0.05, 0) is 0 Å². The SMILES string of the molecule is Cl.Cl.c1ccc([PH2](c2ccccc2)c2ccccc2)cc1. The number of hydrogen-bond acceptors (Lipinski definition) is 0. The molecule has 0 N–H and O–H groups in total. The summed E-state index contributed by atoms with van der Waals surface area (Å²) in [4.78, 5) is 0. The van der Waals surface area contributed by atoms with Gasteiger partial charge in [-0.25, -0.2) is 0 Å². The Hall–Kier alpha value is -1.33. The molecule has 0 aliphatic carbocycles. The third-order valence-corrected chi connectivity index (χ3v) is 6.55. The van der Waals surface area contributed by atoms with E-state index in [0.29, 0.717) is 0 Å². The summed E-state index contributed by atoms with van der Waals surface area (Å²) in [6.45, 7) is 0. The van der Waals surface area contributed by atoms with Gasteiger partial charge in [-0.3, -0.25) is 0 Å². The molecule has 0 heterocycles. The average Bonchev–Trinajstić information content (AvgIpc) is 2.51. The summed E-state index contributed by atoms with van der Waals surface area (Å²) in [5.41, 5.74) is 0. The topological polar surface area (TPSA) is 0 Å². The van der Waals surface area contributed by atoms with Crippen LogP contribution >= 0.6 is 32.7 Å². The Kier molecular flexibility index (Phi) is 7.47. The third-order valence-electron chi connectivity index (χ3n) is 3.40. The minimum atomic E-state index is -1.31. The molecule has 0 aliphatic rings. The van der Waals surface area contributed by atoms with Crippen molar-refractivity contribution in [1.29, 1.82) is 0 Å². The maximum atomic E-state index is 2.26. The Morgan fingerprint density at radius 3 is 0.857 bits per heavy atom. The van der Waals surface area contributed by atoms with Crippen LogP contribution in [-0.2, 0) is 0 Å². The van der Waals surface area contributed by atoms with Gasteiger partial charge in [0.15, 0.2) is 0 Å². The van der Waals surface area contributed by atoms with Gasteiger partial charge >= 0.3 is 115 Å². The number of rotatable bonds is 3. The summed E-state index contributed by atoms with van der Waals surface area (Å²) < 4.78 is 0. The first-order valence-electron chi connectivity index (χ1n) is 6.60. The van der Waals surface area contributed by atoms with Crippen molar-refractivity contribution >= 4 is 48.6 Å². The molecule has 0 radical (unpaired) electrons. The molecule has 110 valence electrons. The Bertz CT molecular complexity index is 533. The van der Waals surface area contributed by atoms with E-state index in [1.165, 1.54) is 15.9 Å². The van der Waals surface area contributed by atoms with Crippen LogP contribution in [0.15, 0.2) is 91.0 Å². The van der Waals surface area contributed by atoms with Gasteiger partial charge in [0.25, 0.3) is 0 Å². The van der Waals surface area contributed by atoms with Crippen molar-refractivity contribution in [2.75, 3.05) is 0 Å². The molecule has 0 saturated heterocycles. The molecule has 0 amide bonds. The molecule has 0 atom stereocenters. The number of halogens is 2. The predicted molar refractivity (Wildman–Crippen MR) is 102 cm³/mol. The monoisotopic (exact) mass is 336 g/mol. The Morgan fingerprint density at radius 2 is 0.619 bits per heavy atom. The van der Waals surface area contributed by atoms with Crippen molar-refractivity contribution in [2.45, 2.75) is 0 Å². The van der Waals surface area contributed by atoms with E-state index in [-0.39, 0.29) is 24.8 Å². The standard InChI is InChI=1S/C18H17P.2ClH/c1-4-10-16(11-5-1)19(17-12-6-2-7-13-17)18-14-8-3-9-15-18;;/h1-15H,19H2;2*1H. The summed E-state index contributed by atoms with van der Waals surface area (Å²) >= 11 is 0. The second-order valence-electron chi connectivity index (χ2n) is 4.67. The zero-order valence-corrected chi connectivity index (χ0v) is 14.3. The molecule has 21 heavy (non-hydrogen) atoms. The second-order valence-corrected chi connectivity index (χ2v) is 7.53. The fraction of sp³-hybridized carbons (Fsp3) is 0. The summed E-state index contributed by atoms with van der Waals surface area (Å²) in [6, 6.07) is 32.7. The van der Waals surface area contributed by atoms with Gasteiger partial charge in [0, 0.05) is 0 Å². The molecule has 0 nitrogen and oxygen atoms in total. The normalized spacial score (nSPS) is 10.0. The van der Waals surface area contributed by atoms with E-state index in [9.17, 15) is 0 Å². The van der Waals surface area contributed by atoms with Gasteiger partial charge in [-0.15, -0.1) is 24.8 Å². The molecule has 0 aromatic heterocycles. The summed E-state index contributed by atoms with van der Waals surface area (Å²) in [5.74, 6) is 0. The van der Waals surface area contributed by atoms with E-state index in [1.807, 2.05) is 0 Å². The molecule has 3 heteroatoms. The van der Waals surface area contributed by atoms with Gasteiger partial charge in [0.1, 0.15) is 0 Å². The van der Waals surface area contributed by atoms with Crippen molar-refractivity contribution in [1.82, 2.24) is 0 Å². The molecule has 0 fully saturated rings. The van der Waals surface area contributed by atoms with E-state index in [0.717, 1.165) is 0 Å². The number of hydrogen-bond donors (Lipinski definition) is 0. The molecule has 3 rings (SSSR count). The van der Waals surface area contributed by atoms with Gasteiger partial charge in [-0.1, -0.05) is 0 Å². The van der Waals surface area contributed by atoms with Crippen LogP contribution in [0.3, 0.4) is 0 Å². The van der Waals surface area contributed by atoms with E-state index in [1.54, 1.807) is 0 Å². The van der Waals surface area contributed by atoms with Gasteiger partial charge < -0.3 is 0 Å². The second kappa shape index (κ2) is 8.85. The average molecular weight is 337 g/mol. The fourth-order valence-corrected chi connectivity index (χ4v) is 5.49. The Balaban J connectivity index is 0.00000110. The van der Waals surface area contributed by atoms with Crippen molar-refractivity contribution in [3.63, 3.8) is 0 Å². The van der Waals surface area contributed by atoms with E-state index in [2.05, 4.69) is 91.0 Å². The van der Waals surface area contributed by atoms with Crippen LogP contribution in [-0.4, -0.2) is 0 Å². The van der Waals surface area contributed by atoms with Crippen LogP contribution in [0.5, 0.6) is 0 Å². The maximum absolute atomic E-state index is 2.26. The third kappa shape index (κ3) is 4.32. The Morgan fingerprint density at radius 1 is 0.381 bits per heavy atom. The molecule has 0 aliphatic heterocycles. The zero-order chi connectivity index (χ0) is 12.9. The number of benzene rings is 3. The predicted octanol–water partition coefficient (Wildman–Crippen LogP) is 3.75. The first kappa shape index (κ1) is 17.7. The van der Waals surface area contributed by atoms with Crippen molar-refractivity contribution in [3.8, 4) is 0 Å². The first-order chi connectivity index (χ1) is 9.45. The molecule has 3 aromatic carbocycles. The zero-order valence-electron chi connectivity index (χ0n) is 11.6. The first-order valence-corrected chi connectivity index (χ1v) is 8.33. The fourth-order valence-electron chi connectivity index (χ4n) is 2.51. The van der Waals surface area contributed by atoms with Crippen molar-refractivity contribution in [2.24, 2.45) is 0 Å². The summed E-state index contributed by atoms with van der Waals surface area (Å²) in [6.07, 6.45) is 0. The van der Waals surface area contributed by atoms with E-state index < -0.39 is 7.92 Å². The molecule has 0 unspecified atom stereocenters. The van der Waals surface area contributed by atoms with Crippen LogP contribution < -0.4 is 15.9 Å². The molecule has 0 saturated carbocycles.